The Kier molecular flexibility index (Phi) is 3.65. The Bertz CT molecular complexity index is 520. The van der Waals surface area contributed by atoms with Crippen molar-refractivity contribution in [2.75, 3.05) is 6.54 Å². The van der Waals surface area contributed by atoms with Crippen LogP contribution in [-0.2, 0) is 10.0 Å². The van der Waals surface area contributed by atoms with E-state index < -0.39 is 26.9 Å². The Morgan fingerprint density at radius 3 is 2.22 bits per heavy atom. The number of primary sulfonamides is 1. The van der Waals surface area contributed by atoms with Crippen LogP contribution in [0, 0.1) is 11.6 Å². The van der Waals surface area contributed by atoms with Crippen molar-refractivity contribution in [2.45, 2.75) is 24.1 Å². The molecule has 2 unspecified atom stereocenters. The molecular weight excluding hydrogens is 262 g/mol. The molecule has 0 bridgehead atoms. The monoisotopic (exact) mass is 276 g/mol. The van der Waals surface area contributed by atoms with Crippen molar-refractivity contribution in [1.29, 1.82) is 0 Å². The molecule has 0 aliphatic carbocycles. The van der Waals surface area contributed by atoms with Crippen molar-refractivity contribution in [2.24, 2.45) is 5.14 Å². The molecule has 1 aromatic carbocycles. The van der Waals surface area contributed by atoms with E-state index in [0.29, 0.717) is 18.4 Å². The number of hydrogen-bond acceptors (Lipinski definition) is 3. The van der Waals surface area contributed by atoms with E-state index in [1.54, 1.807) is 0 Å². The highest BCUT2D eigenvalue weighted by Crippen LogP contribution is 2.26. The van der Waals surface area contributed by atoms with Crippen molar-refractivity contribution >= 4 is 10.0 Å². The number of sulfonamides is 1. The Morgan fingerprint density at radius 1 is 1.17 bits per heavy atom. The van der Waals surface area contributed by atoms with E-state index in [0.717, 1.165) is 6.07 Å². The molecule has 100 valence electrons. The van der Waals surface area contributed by atoms with Gasteiger partial charge in [0.15, 0.2) is 0 Å². The van der Waals surface area contributed by atoms with Gasteiger partial charge in [-0.15, -0.1) is 0 Å². The van der Waals surface area contributed by atoms with Gasteiger partial charge in [-0.05, 0) is 30.5 Å². The molecule has 1 aromatic rings. The number of rotatable bonds is 2. The van der Waals surface area contributed by atoms with Crippen molar-refractivity contribution < 1.29 is 17.2 Å². The highest BCUT2D eigenvalue weighted by atomic mass is 32.2. The molecule has 2 atom stereocenters. The zero-order valence-electron chi connectivity index (χ0n) is 9.57. The van der Waals surface area contributed by atoms with Gasteiger partial charge in [-0.3, -0.25) is 0 Å². The average molecular weight is 276 g/mol. The topological polar surface area (TPSA) is 72.2 Å². The highest BCUT2D eigenvalue weighted by molar-refractivity contribution is 7.89. The molecule has 2 rings (SSSR count). The molecule has 0 spiro atoms. The third kappa shape index (κ3) is 3.04. The van der Waals surface area contributed by atoms with E-state index >= 15 is 0 Å². The minimum atomic E-state index is -3.56. The Hall–Kier alpha value is -1.05. The number of nitrogens with two attached hydrogens (primary N) is 1. The minimum absolute atomic E-state index is 0.196. The smallest absolute Gasteiger partial charge is 0.213 e. The lowest BCUT2D eigenvalue weighted by atomic mass is 9.97. The van der Waals surface area contributed by atoms with E-state index in [9.17, 15) is 17.2 Å². The van der Waals surface area contributed by atoms with Crippen LogP contribution in [0.2, 0.25) is 0 Å². The van der Waals surface area contributed by atoms with Crippen LogP contribution in [0.3, 0.4) is 0 Å². The Balaban J connectivity index is 2.10. The van der Waals surface area contributed by atoms with Crippen LogP contribution in [0.5, 0.6) is 0 Å². The van der Waals surface area contributed by atoms with Gasteiger partial charge in [0, 0.05) is 18.7 Å². The van der Waals surface area contributed by atoms with Gasteiger partial charge in [0.1, 0.15) is 11.6 Å². The van der Waals surface area contributed by atoms with E-state index in [1.165, 1.54) is 12.1 Å². The van der Waals surface area contributed by atoms with Gasteiger partial charge in [0.25, 0.3) is 0 Å². The van der Waals surface area contributed by atoms with E-state index in [2.05, 4.69) is 5.32 Å². The minimum Gasteiger partial charge on any atom is -0.309 e. The molecule has 0 aromatic heterocycles. The summed E-state index contributed by atoms with van der Waals surface area (Å²) in [5.74, 6) is -1.28. The normalized spacial score (nSPS) is 25.1. The SMILES string of the molecule is NS(=O)(=O)C1CCC(c2cc(F)cc(F)c2)NC1. The molecule has 0 amide bonds. The maximum atomic E-state index is 13.1. The Labute approximate surface area is 104 Å². The summed E-state index contributed by atoms with van der Waals surface area (Å²) in [4.78, 5) is 0. The first-order chi connectivity index (χ1) is 8.36. The highest BCUT2D eigenvalue weighted by Gasteiger charge is 2.28. The van der Waals surface area contributed by atoms with Gasteiger partial charge >= 0.3 is 0 Å². The summed E-state index contributed by atoms with van der Waals surface area (Å²) in [6.07, 6.45) is 0.860. The lowest BCUT2D eigenvalue weighted by molar-refractivity contribution is 0.405. The number of nitrogens with one attached hydrogen (secondary N) is 1. The third-order valence-electron chi connectivity index (χ3n) is 3.12. The van der Waals surface area contributed by atoms with Gasteiger partial charge in [-0.1, -0.05) is 0 Å². The zero-order chi connectivity index (χ0) is 13.3. The summed E-state index contributed by atoms with van der Waals surface area (Å²) >= 11 is 0. The summed E-state index contributed by atoms with van der Waals surface area (Å²) in [5.41, 5.74) is 0.486. The quantitative estimate of drug-likeness (QED) is 0.848. The van der Waals surface area contributed by atoms with E-state index in [1.807, 2.05) is 0 Å². The number of halogens is 2. The first-order valence-corrected chi connectivity index (χ1v) is 7.18. The molecule has 7 heteroatoms. The van der Waals surface area contributed by atoms with Crippen molar-refractivity contribution in [1.82, 2.24) is 5.32 Å². The van der Waals surface area contributed by atoms with Crippen molar-refractivity contribution in [3.8, 4) is 0 Å². The fourth-order valence-corrected chi connectivity index (χ4v) is 2.96. The summed E-state index contributed by atoms with van der Waals surface area (Å²) in [7, 11) is -3.56. The molecule has 1 aliphatic heterocycles. The van der Waals surface area contributed by atoms with Crippen LogP contribution in [0.15, 0.2) is 18.2 Å². The predicted octanol–water partition coefficient (Wildman–Crippen LogP) is 1.05. The Morgan fingerprint density at radius 2 is 1.78 bits per heavy atom. The van der Waals surface area contributed by atoms with E-state index in [4.69, 9.17) is 5.14 Å². The fourth-order valence-electron chi connectivity index (χ4n) is 2.17. The van der Waals surface area contributed by atoms with Crippen LogP contribution < -0.4 is 10.5 Å². The first-order valence-electron chi connectivity index (χ1n) is 5.57. The molecule has 1 aliphatic rings. The average Bonchev–Trinajstić information content (AvgIpc) is 2.27. The van der Waals surface area contributed by atoms with Crippen LogP contribution in [0.4, 0.5) is 8.78 Å². The van der Waals surface area contributed by atoms with Crippen LogP contribution >= 0.6 is 0 Å². The molecule has 1 fully saturated rings. The largest absolute Gasteiger partial charge is 0.309 e. The maximum Gasteiger partial charge on any atom is 0.213 e. The van der Waals surface area contributed by atoms with Crippen molar-refractivity contribution in [3.63, 3.8) is 0 Å². The second-order valence-corrected chi connectivity index (χ2v) is 6.30. The molecule has 3 N–H and O–H groups in total. The molecule has 18 heavy (non-hydrogen) atoms. The molecule has 1 heterocycles. The molecular formula is C11H14F2N2O2S. The number of hydrogen-bond donors (Lipinski definition) is 2. The molecule has 4 nitrogen and oxygen atoms in total. The standard InChI is InChI=1S/C11H14F2N2O2S/c12-8-3-7(4-9(13)5-8)11-2-1-10(6-15-11)18(14,16)17/h3-5,10-11,15H,1-2,6H2,(H2,14,16,17). The molecule has 0 radical (unpaired) electrons. The van der Waals surface area contributed by atoms with Gasteiger partial charge in [0.05, 0.1) is 5.25 Å². The summed E-state index contributed by atoms with van der Waals surface area (Å²) < 4.78 is 48.4. The number of benzene rings is 1. The van der Waals surface area contributed by atoms with Gasteiger partial charge in [-0.25, -0.2) is 22.3 Å². The zero-order valence-corrected chi connectivity index (χ0v) is 10.4. The fraction of sp³-hybridized carbons (Fsp3) is 0.455. The van der Waals surface area contributed by atoms with Gasteiger partial charge in [0.2, 0.25) is 10.0 Å². The summed E-state index contributed by atoms with van der Waals surface area (Å²) in [6, 6.07) is 3.06. The van der Waals surface area contributed by atoms with Gasteiger partial charge in [-0.2, -0.15) is 0 Å². The molecule has 0 saturated carbocycles. The lowest BCUT2D eigenvalue weighted by Crippen LogP contribution is -2.43. The van der Waals surface area contributed by atoms with Crippen LogP contribution in [0.25, 0.3) is 0 Å². The first kappa shape index (κ1) is 13.4. The summed E-state index contributed by atoms with van der Waals surface area (Å²) in [5, 5.41) is 7.38. The second-order valence-electron chi connectivity index (χ2n) is 4.45. The van der Waals surface area contributed by atoms with Crippen molar-refractivity contribution in [3.05, 3.63) is 35.4 Å². The van der Waals surface area contributed by atoms with E-state index in [-0.39, 0.29) is 12.6 Å². The second kappa shape index (κ2) is 4.91. The van der Waals surface area contributed by atoms with Crippen LogP contribution in [0.1, 0.15) is 24.4 Å². The maximum absolute atomic E-state index is 13.1. The van der Waals surface area contributed by atoms with Gasteiger partial charge < -0.3 is 5.32 Å². The lowest BCUT2D eigenvalue weighted by Gasteiger charge is -2.28. The van der Waals surface area contributed by atoms with Crippen LogP contribution in [-0.4, -0.2) is 20.2 Å². The number of piperidine rings is 1. The predicted molar refractivity (Wildman–Crippen MR) is 63.2 cm³/mol. The summed E-state index contributed by atoms with van der Waals surface area (Å²) in [6.45, 7) is 0.196. The third-order valence-corrected chi connectivity index (χ3v) is 4.45. The molecule has 1 saturated heterocycles.